The number of likely N-dealkylation sites (tertiary alicyclic amines) is 1. The Labute approximate surface area is 110 Å². The second-order valence-corrected chi connectivity index (χ2v) is 5.07. The molecule has 1 aromatic carbocycles. The number of rotatable bonds is 2. The Bertz CT molecular complexity index is 570. The third kappa shape index (κ3) is 1.99. The molecule has 1 fully saturated rings. The second kappa shape index (κ2) is 4.15. The van der Waals surface area contributed by atoms with Gasteiger partial charge in [-0.05, 0) is 24.1 Å². The quantitative estimate of drug-likeness (QED) is 0.672. The first-order valence-electron chi connectivity index (χ1n) is 6.28. The van der Waals surface area contributed by atoms with Crippen molar-refractivity contribution in [3.8, 4) is 0 Å². The predicted molar refractivity (Wildman–Crippen MR) is 72.9 cm³/mol. The van der Waals surface area contributed by atoms with Crippen LogP contribution in [0.2, 0.25) is 0 Å². The highest BCUT2D eigenvalue weighted by molar-refractivity contribution is 6.01. The number of benzene rings is 1. The molecule has 0 bridgehead atoms. The zero-order valence-electron chi connectivity index (χ0n) is 10.7. The molecule has 0 saturated carbocycles. The molecule has 3 rings (SSSR count). The van der Waals surface area contributed by atoms with E-state index < -0.39 is 0 Å². The summed E-state index contributed by atoms with van der Waals surface area (Å²) in [6.45, 7) is 0.748. The van der Waals surface area contributed by atoms with E-state index in [0.717, 1.165) is 24.2 Å². The average Bonchev–Trinajstić information content (AvgIpc) is 2.85. The third-order valence-corrected chi connectivity index (χ3v) is 3.66. The Morgan fingerprint density at radius 1 is 1.42 bits per heavy atom. The monoisotopic (exact) mass is 260 g/mol. The van der Waals surface area contributed by atoms with E-state index >= 15 is 0 Å². The second-order valence-electron chi connectivity index (χ2n) is 5.07. The van der Waals surface area contributed by atoms with Crippen LogP contribution in [0.25, 0.3) is 0 Å². The summed E-state index contributed by atoms with van der Waals surface area (Å²) in [5, 5.41) is 5.95. The van der Waals surface area contributed by atoms with Crippen LogP contribution in [0.15, 0.2) is 12.1 Å². The first-order valence-corrected chi connectivity index (χ1v) is 6.28. The molecule has 2 aliphatic heterocycles. The Hall–Kier alpha value is -2.24. The zero-order chi connectivity index (χ0) is 13.6. The van der Waals surface area contributed by atoms with Crippen molar-refractivity contribution in [2.75, 3.05) is 30.0 Å². The minimum absolute atomic E-state index is 0.0248. The topological polar surface area (TPSA) is 87.5 Å². The van der Waals surface area contributed by atoms with Gasteiger partial charge in [-0.2, -0.15) is 0 Å². The number of hydrogen-bond donors (Lipinski definition) is 3. The first-order chi connectivity index (χ1) is 9.04. The van der Waals surface area contributed by atoms with Crippen LogP contribution in [0.5, 0.6) is 0 Å². The average molecular weight is 260 g/mol. The molecule has 100 valence electrons. The van der Waals surface area contributed by atoms with Gasteiger partial charge in [-0.15, -0.1) is 0 Å². The molecule has 4 N–H and O–H groups in total. The lowest BCUT2D eigenvalue weighted by Gasteiger charge is -2.16. The predicted octanol–water partition coefficient (Wildman–Crippen LogP) is 0.406. The van der Waals surface area contributed by atoms with E-state index in [2.05, 4.69) is 10.6 Å². The molecule has 2 aliphatic rings. The van der Waals surface area contributed by atoms with E-state index in [4.69, 9.17) is 5.73 Å². The van der Waals surface area contributed by atoms with Crippen molar-refractivity contribution in [1.29, 1.82) is 0 Å². The van der Waals surface area contributed by atoms with Gasteiger partial charge in [0.05, 0.1) is 17.8 Å². The van der Waals surface area contributed by atoms with Crippen LogP contribution in [0.1, 0.15) is 12.0 Å². The molecular formula is C13H16N4O2. The van der Waals surface area contributed by atoms with E-state index in [1.54, 1.807) is 24.1 Å². The van der Waals surface area contributed by atoms with Crippen LogP contribution in [0.3, 0.4) is 0 Å². The number of nitrogens with zero attached hydrogens (tertiary/aromatic N) is 1. The smallest absolute Gasteiger partial charge is 0.244 e. The minimum atomic E-state index is -0.234. The number of anilines is 3. The van der Waals surface area contributed by atoms with E-state index in [9.17, 15) is 9.59 Å². The highest BCUT2D eigenvalue weighted by atomic mass is 16.2. The number of carbonyl (C=O) groups is 2. The lowest BCUT2D eigenvalue weighted by atomic mass is 10.1. The molecule has 0 aliphatic carbocycles. The lowest BCUT2D eigenvalue weighted by Crippen LogP contribution is -2.31. The molecule has 6 nitrogen and oxygen atoms in total. The molecule has 1 saturated heterocycles. The molecular weight excluding hydrogens is 244 g/mol. The zero-order valence-corrected chi connectivity index (χ0v) is 10.7. The molecule has 1 unspecified atom stereocenters. The fourth-order valence-electron chi connectivity index (χ4n) is 2.56. The van der Waals surface area contributed by atoms with Gasteiger partial charge in [0, 0.05) is 19.3 Å². The van der Waals surface area contributed by atoms with Crippen molar-refractivity contribution in [1.82, 2.24) is 4.90 Å². The highest BCUT2D eigenvalue weighted by Crippen LogP contribution is 2.32. The Balaban J connectivity index is 1.84. The van der Waals surface area contributed by atoms with Crippen molar-refractivity contribution >= 4 is 28.9 Å². The number of nitrogens with two attached hydrogens (primary N) is 1. The van der Waals surface area contributed by atoms with E-state index in [0.29, 0.717) is 17.8 Å². The van der Waals surface area contributed by atoms with Gasteiger partial charge in [-0.1, -0.05) is 0 Å². The van der Waals surface area contributed by atoms with Gasteiger partial charge in [0.1, 0.15) is 6.04 Å². The standard InChI is InChI=1S/C13H16N4O2/c1-17-3-2-9(13(17)19)15-11-6-10-7(4-8(11)14)5-12(18)16-10/h4,6,9,15H,2-3,5,14H2,1H3,(H,16,18). The lowest BCUT2D eigenvalue weighted by molar-refractivity contribution is -0.127. The van der Waals surface area contributed by atoms with Crippen molar-refractivity contribution in [3.63, 3.8) is 0 Å². The van der Waals surface area contributed by atoms with E-state index in [-0.39, 0.29) is 17.9 Å². The molecule has 0 spiro atoms. The van der Waals surface area contributed by atoms with Crippen LogP contribution >= 0.6 is 0 Å². The fraction of sp³-hybridized carbons (Fsp3) is 0.385. The van der Waals surface area contributed by atoms with Crippen LogP contribution in [0, 0.1) is 0 Å². The van der Waals surface area contributed by atoms with Gasteiger partial charge in [-0.25, -0.2) is 0 Å². The molecule has 19 heavy (non-hydrogen) atoms. The number of fused-ring (bicyclic) bond motifs is 1. The third-order valence-electron chi connectivity index (χ3n) is 3.66. The molecule has 1 atom stereocenters. The molecule has 0 radical (unpaired) electrons. The largest absolute Gasteiger partial charge is 0.397 e. The molecule has 2 heterocycles. The fourth-order valence-corrected chi connectivity index (χ4v) is 2.56. The summed E-state index contributed by atoms with van der Waals surface area (Å²) in [5.74, 6) is 0.0483. The molecule has 1 aromatic rings. The van der Waals surface area contributed by atoms with Crippen LogP contribution < -0.4 is 16.4 Å². The summed E-state index contributed by atoms with van der Waals surface area (Å²) in [4.78, 5) is 24.9. The number of amides is 2. The summed E-state index contributed by atoms with van der Waals surface area (Å²) < 4.78 is 0. The van der Waals surface area contributed by atoms with Crippen LogP contribution in [0.4, 0.5) is 17.1 Å². The van der Waals surface area contributed by atoms with Crippen LogP contribution in [-0.4, -0.2) is 36.3 Å². The van der Waals surface area contributed by atoms with Crippen molar-refractivity contribution in [3.05, 3.63) is 17.7 Å². The summed E-state index contributed by atoms with van der Waals surface area (Å²) in [5.41, 5.74) is 8.93. The number of likely N-dealkylation sites (N-methyl/N-ethyl adjacent to an activating group) is 1. The van der Waals surface area contributed by atoms with Gasteiger partial charge < -0.3 is 21.3 Å². The van der Waals surface area contributed by atoms with Gasteiger partial charge >= 0.3 is 0 Å². The van der Waals surface area contributed by atoms with Gasteiger partial charge in [0.15, 0.2) is 0 Å². The number of carbonyl (C=O) groups excluding carboxylic acids is 2. The Morgan fingerprint density at radius 2 is 2.21 bits per heavy atom. The number of nitrogen functional groups attached to an aromatic ring is 1. The summed E-state index contributed by atoms with van der Waals surface area (Å²) in [6.07, 6.45) is 1.13. The molecule has 6 heteroatoms. The van der Waals surface area contributed by atoms with E-state index in [1.165, 1.54) is 0 Å². The maximum absolute atomic E-state index is 11.9. The van der Waals surface area contributed by atoms with Crippen molar-refractivity contribution < 1.29 is 9.59 Å². The van der Waals surface area contributed by atoms with Gasteiger partial charge in [0.25, 0.3) is 0 Å². The van der Waals surface area contributed by atoms with Crippen molar-refractivity contribution in [2.24, 2.45) is 0 Å². The molecule has 2 amide bonds. The SMILES string of the molecule is CN1CCC(Nc2cc3c(cc2N)CC(=O)N3)C1=O. The number of nitrogens with one attached hydrogen (secondary N) is 2. The van der Waals surface area contributed by atoms with Gasteiger partial charge in [-0.3, -0.25) is 9.59 Å². The minimum Gasteiger partial charge on any atom is -0.397 e. The Kier molecular flexibility index (Phi) is 2.58. The van der Waals surface area contributed by atoms with Crippen LogP contribution in [-0.2, 0) is 16.0 Å². The normalized spacial score (nSPS) is 21.5. The highest BCUT2D eigenvalue weighted by Gasteiger charge is 2.29. The maximum atomic E-state index is 11.9. The summed E-state index contributed by atoms with van der Waals surface area (Å²) in [7, 11) is 1.79. The molecule has 0 aromatic heterocycles. The van der Waals surface area contributed by atoms with Gasteiger partial charge in [0.2, 0.25) is 11.8 Å². The summed E-state index contributed by atoms with van der Waals surface area (Å²) in [6, 6.07) is 3.36. The maximum Gasteiger partial charge on any atom is 0.244 e. The Morgan fingerprint density at radius 3 is 2.89 bits per heavy atom. The summed E-state index contributed by atoms with van der Waals surface area (Å²) >= 11 is 0. The van der Waals surface area contributed by atoms with E-state index in [1.807, 2.05) is 0 Å². The first kappa shape index (κ1) is 11.8. The van der Waals surface area contributed by atoms with Crippen molar-refractivity contribution in [2.45, 2.75) is 18.9 Å². The number of hydrogen-bond acceptors (Lipinski definition) is 4.